The van der Waals surface area contributed by atoms with E-state index in [9.17, 15) is 0 Å². The molecule has 3 aromatic rings. The van der Waals surface area contributed by atoms with Crippen LogP contribution in [0.3, 0.4) is 0 Å². The summed E-state index contributed by atoms with van der Waals surface area (Å²) < 4.78 is 5.71. The Balaban J connectivity index is 1.72. The van der Waals surface area contributed by atoms with Crippen molar-refractivity contribution >= 4 is 22.4 Å². The maximum Gasteiger partial charge on any atom is 0.142 e. The van der Waals surface area contributed by atoms with E-state index in [1.807, 2.05) is 62.5 Å². The molecule has 0 aliphatic heterocycles. The van der Waals surface area contributed by atoms with Gasteiger partial charge in [0.25, 0.3) is 0 Å². The second-order valence-corrected chi connectivity index (χ2v) is 5.59. The molecule has 124 valence electrons. The summed E-state index contributed by atoms with van der Waals surface area (Å²) in [4.78, 5) is 8.99. The van der Waals surface area contributed by atoms with Gasteiger partial charge in [-0.1, -0.05) is 12.1 Å². The molecule has 0 spiro atoms. The van der Waals surface area contributed by atoms with Crippen LogP contribution in [0, 0.1) is 6.92 Å². The second kappa shape index (κ2) is 7.75. The fourth-order valence-corrected chi connectivity index (χ4v) is 2.50. The first kappa shape index (κ1) is 16.2. The van der Waals surface area contributed by atoms with Crippen LogP contribution < -0.4 is 15.4 Å². The molecule has 0 bridgehead atoms. The van der Waals surface area contributed by atoms with Crippen LogP contribution >= 0.6 is 0 Å². The number of hydrogen-bond acceptors (Lipinski definition) is 5. The van der Waals surface area contributed by atoms with Gasteiger partial charge in [0.15, 0.2) is 0 Å². The number of para-hydroxylation sites is 1. The molecular weight excluding hydrogens is 300 g/mol. The maximum atomic E-state index is 5.71. The highest BCUT2D eigenvalue weighted by molar-refractivity contribution is 5.90. The SMILES string of the molecule is CNCCCOc1ccc(Nc2nc(C)nc3ccccc23)cc1. The van der Waals surface area contributed by atoms with E-state index < -0.39 is 0 Å². The smallest absolute Gasteiger partial charge is 0.142 e. The third kappa shape index (κ3) is 4.00. The fourth-order valence-electron chi connectivity index (χ4n) is 2.50. The minimum Gasteiger partial charge on any atom is -0.494 e. The molecule has 1 heterocycles. The minimum absolute atomic E-state index is 0.712. The predicted octanol–water partition coefficient (Wildman–Crippen LogP) is 3.67. The summed E-state index contributed by atoms with van der Waals surface area (Å²) in [5.74, 6) is 2.45. The standard InChI is InChI=1S/C19H22N4O/c1-14-21-18-7-4-3-6-17(18)19(22-14)23-15-8-10-16(11-9-15)24-13-5-12-20-2/h3-4,6-11,20H,5,12-13H2,1-2H3,(H,21,22,23). The van der Waals surface area contributed by atoms with Crippen molar-refractivity contribution in [3.63, 3.8) is 0 Å². The van der Waals surface area contributed by atoms with Crippen molar-refractivity contribution in [3.8, 4) is 5.75 Å². The number of aryl methyl sites for hydroxylation is 1. The van der Waals surface area contributed by atoms with Crippen molar-refractivity contribution in [2.45, 2.75) is 13.3 Å². The number of nitrogens with one attached hydrogen (secondary N) is 2. The summed E-state index contributed by atoms with van der Waals surface area (Å²) in [5, 5.41) is 7.49. The lowest BCUT2D eigenvalue weighted by atomic mass is 10.2. The van der Waals surface area contributed by atoms with Crippen LogP contribution in [-0.2, 0) is 0 Å². The number of anilines is 2. The van der Waals surface area contributed by atoms with Crippen molar-refractivity contribution in [1.29, 1.82) is 0 Å². The average Bonchev–Trinajstić information content (AvgIpc) is 2.60. The number of hydrogen-bond donors (Lipinski definition) is 2. The maximum absolute atomic E-state index is 5.71. The van der Waals surface area contributed by atoms with Gasteiger partial charge in [0, 0.05) is 11.1 Å². The molecule has 0 aliphatic carbocycles. The molecule has 24 heavy (non-hydrogen) atoms. The molecule has 0 saturated carbocycles. The summed E-state index contributed by atoms with van der Waals surface area (Å²) in [6.45, 7) is 3.57. The number of nitrogens with zero attached hydrogens (tertiary/aromatic N) is 2. The number of fused-ring (bicyclic) bond motifs is 1. The number of ether oxygens (including phenoxy) is 1. The van der Waals surface area contributed by atoms with Gasteiger partial charge in [-0.3, -0.25) is 0 Å². The normalized spacial score (nSPS) is 10.8. The van der Waals surface area contributed by atoms with Crippen LogP contribution in [0.4, 0.5) is 11.5 Å². The lowest BCUT2D eigenvalue weighted by Crippen LogP contribution is -2.11. The summed E-state index contributed by atoms with van der Waals surface area (Å²) in [5.41, 5.74) is 1.91. The summed E-state index contributed by atoms with van der Waals surface area (Å²) in [6.07, 6.45) is 0.989. The first-order valence-electron chi connectivity index (χ1n) is 8.14. The van der Waals surface area contributed by atoms with E-state index in [2.05, 4.69) is 20.6 Å². The van der Waals surface area contributed by atoms with E-state index in [0.29, 0.717) is 6.61 Å². The topological polar surface area (TPSA) is 59.1 Å². The quantitative estimate of drug-likeness (QED) is 0.650. The van der Waals surface area contributed by atoms with Crippen molar-refractivity contribution < 1.29 is 4.74 Å². The minimum atomic E-state index is 0.712. The van der Waals surface area contributed by atoms with Crippen LogP contribution in [-0.4, -0.2) is 30.2 Å². The van der Waals surface area contributed by atoms with E-state index in [1.165, 1.54) is 0 Å². The van der Waals surface area contributed by atoms with E-state index >= 15 is 0 Å². The Hall–Kier alpha value is -2.66. The molecule has 5 nitrogen and oxygen atoms in total. The van der Waals surface area contributed by atoms with Gasteiger partial charge in [-0.2, -0.15) is 0 Å². The largest absolute Gasteiger partial charge is 0.494 e. The van der Waals surface area contributed by atoms with E-state index in [4.69, 9.17) is 4.74 Å². The fraction of sp³-hybridized carbons (Fsp3) is 0.263. The monoisotopic (exact) mass is 322 g/mol. The third-order valence-electron chi connectivity index (χ3n) is 3.67. The highest BCUT2D eigenvalue weighted by atomic mass is 16.5. The van der Waals surface area contributed by atoms with Gasteiger partial charge in [0.2, 0.25) is 0 Å². The molecule has 5 heteroatoms. The zero-order valence-electron chi connectivity index (χ0n) is 14.0. The number of rotatable bonds is 7. The number of benzene rings is 2. The summed E-state index contributed by atoms with van der Waals surface area (Å²) >= 11 is 0. The lowest BCUT2D eigenvalue weighted by Gasteiger charge is -2.11. The molecule has 0 aliphatic rings. The van der Waals surface area contributed by atoms with E-state index in [1.54, 1.807) is 0 Å². The van der Waals surface area contributed by atoms with E-state index in [0.717, 1.165) is 46.9 Å². The molecule has 0 amide bonds. The highest BCUT2D eigenvalue weighted by Gasteiger charge is 2.05. The Morgan fingerprint density at radius 3 is 2.58 bits per heavy atom. The summed E-state index contributed by atoms with van der Waals surface area (Å²) in [6, 6.07) is 15.9. The molecule has 2 aromatic carbocycles. The Labute approximate surface area is 142 Å². The lowest BCUT2D eigenvalue weighted by molar-refractivity contribution is 0.310. The van der Waals surface area contributed by atoms with Crippen molar-refractivity contribution in [2.24, 2.45) is 0 Å². The predicted molar refractivity (Wildman–Crippen MR) is 98.0 cm³/mol. The first-order chi connectivity index (χ1) is 11.8. The van der Waals surface area contributed by atoms with Gasteiger partial charge in [-0.15, -0.1) is 0 Å². The van der Waals surface area contributed by atoms with Crippen LogP contribution in [0.1, 0.15) is 12.2 Å². The van der Waals surface area contributed by atoms with Crippen LogP contribution in [0.25, 0.3) is 10.9 Å². The third-order valence-corrected chi connectivity index (χ3v) is 3.67. The molecule has 0 fully saturated rings. The highest BCUT2D eigenvalue weighted by Crippen LogP contribution is 2.25. The van der Waals surface area contributed by atoms with Crippen LogP contribution in [0.15, 0.2) is 48.5 Å². The Morgan fingerprint density at radius 1 is 1.00 bits per heavy atom. The molecule has 2 N–H and O–H groups in total. The molecule has 0 atom stereocenters. The van der Waals surface area contributed by atoms with E-state index in [-0.39, 0.29) is 0 Å². The molecule has 0 saturated heterocycles. The van der Waals surface area contributed by atoms with Gasteiger partial charge in [-0.05, 0) is 63.3 Å². The van der Waals surface area contributed by atoms with Crippen molar-refractivity contribution in [2.75, 3.05) is 25.5 Å². The summed E-state index contributed by atoms with van der Waals surface area (Å²) in [7, 11) is 1.94. The van der Waals surface area contributed by atoms with Gasteiger partial charge < -0.3 is 15.4 Å². The Kier molecular flexibility index (Phi) is 5.23. The molecule has 0 unspecified atom stereocenters. The molecule has 3 rings (SSSR count). The first-order valence-corrected chi connectivity index (χ1v) is 8.14. The second-order valence-electron chi connectivity index (χ2n) is 5.59. The van der Waals surface area contributed by atoms with Crippen molar-refractivity contribution in [3.05, 3.63) is 54.4 Å². The van der Waals surface area contributed by atoms with Gasteiger partial charge in [-0.25, -0.2) is 9.97 Å². The van der Waals surface area contributed by atoms with Crippen LogP contribution in [0.2, 0.25) is 0 Å². The Bertz CT molecular complexity index is 802. The molecular formula is C19H22N4O. The zero-order valence-corrected chi connectivity index (χ0v) is 14.0. The van der Waals surface area contributed by atoms with Crippen molar-refractivity contribution in [1.82, 2.24) is 15.3 Å². The average molecular weight is 322 g/mol. The van der Waals surface area contributed by atoms with Gasteiger partial charge >= 0.3 is 0 Å². The van der Waals surface area contributed by atoms with Gasteiger partial charge in [0.05, 0.1) is 12.1 Å². The zero-order chi connectivity index (χ0) is 16.8. The van der Waals surface area contributed by atoms with Crippen LogP contribution in [0.5, 0.6) is 5.75 Å². The molecule has 1 aromatic heterocycles. The molecule has 0 radical (unpaired) electrons. The Morgan fingerprint density at radius 2 is 1.79 bits per heavy atom. The van der Waals surface area contributed by atoms with Gasteiger partial charge in [0.1, 0.15) is 17.4 Å². The number of aromatic nitrogens is 2.